The molecule has 0 spiro atoms. The van der Waals surface area contributed by atoms with E-state index >= 15 is 0 Å². The molecule has 7 heteroatoms. The fraction of sp³-hybridized carbons (Fsp3) is 0.778. The van der Waals surface area contributed by atoms with E-state index in [1.807, 2.05) is 0 Å². The van der Waals surface area contributed by atoms with Gasteiger partial charge in [0.05, 0.1) is 22.4 Å². The molecule has 0 aromatic carbocycles. The highest BCUT2D eigenvalue weighted by molar-refractivity contribution is 7.91. The van der Waals surface area contributed by atoms with Crippen LogP contribution in [0, 0.1) is 5.92 Å². The summed E-state index contributed by atoms with van der Waals surface area (Å²) in [7, 11) is -2.89. The second-order valence-corrected chi connectivity index (χ2v) is 6.83. The summed E-state index contributed by atoms with van der Waals surface area (Å²) < 4.78 is 22.3. The minimum Gasteiger partial charge on any atom is -0.393 e. The Labute approximate surface area is 101 Å². The molecule has 16 heavy (non-hydrogen) atoms. The number of hydrogen-bond acceptors (Lipinski definition) is 4. The normalized spacial score (nSPS) is 22.3. The van der Waals surface area contributed by atoms with Crippen molar-refractivity contribution in [1.82, 2.24) is 5.32 Å². The van der Waals surface area contributed by atoms with Crippen molar-refractivity contribution < 1.29 is 13.2 Å². The third kappa shape index (κ3) is 3.71. The number of thiocarbonyl (C=S) groups is 1. The first-order valence-electron chi connectivity index (χ1n) is 5.12. The Morgan fingerprint density at radius 3 is 2.38 bits per heavy atom. The molecule has 1 saturated heterocycles. The summed E-state index contributed by atoms with van der Waals surface area (Å²) in [6.45, 7) is 1.64. The van der Waals surface area contributed by atoms with E-state index < -0.39 is 15.8 Å². The van der Waals surface area contributed by atoms with Crippen LogP contribution in [0.5, 0.6) is 0 Å². The highest BCUT2D eigenvalue weighted by Gasteiger charge is 2.26. The zero-order chi connectivity index (χ0) is 12.3. The molecule has 0 saturated carbocycles. The lowest BCUT2D eigenvalue weighted by Gasteiger charge is -2.24. The zero-order valence-corrected chi connectivity index (χ0v) is 10.7. The van der Waals surface area contributed by atoms with Gasteiger partial charge in [-0.15, -0.1) is 0 Å². The quantitative estimate of drug-likeness (QED) is 0.677. The van der Waals surface area contributed by atoms with Crippen LogP contribution < -0.4 is 11.1 Å². The molecule has 0 aliphatic carbocycles. The van der Waals surface area contributed by atoms with Gasteiger partial charge in [-0.2, -0.15) is 0 Å². The Morgan fingerprint density at radius 1 is 1.44 bits per heavy atom. The van der Waals surface area contributed by atoms with Crippen molar-refractivity contribution in [3.63, 3.8) is 0 Å². The van der Waals surface area contributed by atoms with Crippen LogP contribution in [-0.2, 0) is 14.6 Å². The van der Waals surface area contributed by atoms with Gasteiger partial charge in [-0.1, -0.05) is 12.2 Å². The first kappa shape index (κ1) is 13.4. The van der Waals surface area contributed by atoms with Crippen molar-refractivity contribution in [1.29, 1.82) is 0 Å². The minimum absolute atomic E-state index is 0.0761. The monoisotopic (exact) mass is 264 g/mol. The Bertz CT molecular complexity index is 378. The number of carbonyl (C=O) groups excluding carboxylic acids is 1. The molecule has 1 heterocycles. The van der Waals surface area contributed by atoms with Gasteiger partial charge in [-0.25, -0.2) is 8.42 Å². The lowest BCUT2D eigenvalue weighted by atomic mass is 10.1. The zero-order valence-electron chi connectivity index (χ0n) is 9.10. The van der Waals surface area contributed by atoms with E-state index in [0.29, 0.717) is 12.8 Å². The lowest BCUT2D eigenvalue weighted by Crippen LogP contribution is -2.45. The third-order valence-corrected chi connectivity index (χ3v) is 4.79. The Morgan fingerprint density at radius 2 is 1.94 bits per heavy atom. The van der Waals surface area contributed by atoms with Gasteiger partial charge in [0, 0.05) is 6.04 Å². The number of amides is 1. The van der Waals surface area contributed by atoms with Crippen molar-refractivity contribution in [2.75, 3.05) is 11.5 Å². The Kier molecular flexibility index (Phi) is 4.26. The number of sulfone groups is 1. The van der Waals surface area contributed by atoms with Crippen molar-refractivity contribution in [3.8, 4) is 0 Å². The summed E-state index contributed by atoms with van der Waals surface area (Å²) in [5.74, 6) is -0.455. The highest BCUT2D eigenvalue weighted by atomic mass is 32.2. The summed E-state index contributed by atoms with van der Waals surface area (Å²) in [5, 5.41) is 2.77. The molecule has 1 aliphatic heterocycles. The molecular weight excluding hydrogens is 248 g/mol. The van der Waals surface area contributed by atoms with E-state index in [9.17, 15) is 13.2 Å². The molecule has 1 fully saturated rings. The van der Waals surface area contributed by atoms with Crippen LogP contribution in [-0.4, -0.2) is 36.9 Å². The number of carbonyl (C=O) groups is 1. The molecule has 1 atom stereocenters. The fourth-order valence-corrected chi connectivity index (χ4v) is 3.09. The average molecular weight is 264 g/mol. The molecule has 1 unspecified atom stereocenters. The summed E-state index contributed by atoms with van der Waals surface area (Å²) in [6.07, 6.45) is 0.941. The van der Waals surface area contributed by atoms with Crippen molar-refractivity contribution >= 4 is 33.0 Å². The molecule has 3 N–H and O–H groups in total. The maximum absolute atomic E-state index is 11.6. The van der Waals surface area contributed by atoms with E-state index in [4.69, 9.17) is 18.0 Å². The number of nitrogens with two attached hydrogens (primary N) is 1. The van der Waals surface area contributed by atoms with Gasteiger partial charge in [-0.05, 0) is 19.8 Å². The molecule has 1 rings (SSSR count). The van der Waals surface area contributed by atoms with E-state index in [-0.39, 0.29) is 28.4 Å². The van der Waals surface area contributed by atoms with Gasteiger partial charge >= 0.3 is 0 Å². The first-order valence-corrected chi connectivity index (χ1v) is 7.35. The summed E-state index contributed by atoms with van der Waals surface area (Å²) in [4.78, 5) is 11.7. The van der Waals surface area contributed by atoms with E-state index in [2.05, 4.69) is 5.32 Å². The molecule has 0 aromatic heterocycles. The molecule has 0 bridgehead atoms. The topological polar surface area (TPSA) is 89.3 Å². The maximum atomic E-state index is 11.6. The molecule has 0 aromatic rings. The highest BCUT2D eigenvalue weighted by Crippen LogP contribution is 2.12. The SMILES string of the molecule is CC(C(=O)NC1CCS(=O)(=O)CC1)C(N)=S. The van der Waals surface area contributed by atoms with Crippen LogP contribution in [0.4, 0.5) is 0 Å². The van der Waals surface area contributed by atoms with Gasteiger partial charge in [0.15, 0.2) is 0 Å². The fourth-order valence-electron chi connectivity index (χ4n) is 1.49. The number of rotatable bonds is 3. The van der Waals surface area contributed by atoms with Crippen LogP contribution in [0.25, 0.3) is 0 Å². The van der Waals surface area contributed by atoms with Gasteiger partial charge in [-0.3, -0.25) is 4.79 Å². The maximum Gasteiger partial charge on any atom is 0.229 e. The van der Waals surface area contributed by atoms with Gasteiger partial charge in [0.25, 0.3) is 0 Å². The molecular formula is C9H16N2O3S2. The summed E-state index contributed by atoms with van der Waals surface area (Å²) >= 11 is 4.72. The van der Waals surface area contributed by atoms with Crippen LogP contribution in [0.1, 0.15) is 19.8 Å². The van der Waals surface area contributed by atoms with Crippen LogP contribution in [0.15, 0.2) is 0 Å². The van der Waals surface area contributed by atoms with Crippen molar-refractivity contribution in [2.45, 2.75) is 25.8 Å². The average Bonchev–Trinajstić information content (AvgIpc) is 2.19. The predicted octanol–water partition coefficient (Wildman–Crippen LogP) is -0.398. The standard InChI is InChI=1S/C9H16N2O3S2/c1-6(8(10)15)9(12)11-7-2-4-16(13,14)5-3-7/h6-7H,2-5H2,1H3,(H2,10,15)(H,11,12). The lowest BCUT2D eigenvalue weighted by molar-refractivity contribution is -0.123. The van der Waals surface area contributed by atoms with Crippen molar-refractivity contribution in [2.24, 2.45) is 11.7 Å². The molecule has 5 nitrogen and oxygen atoms in total. The van der Waals surface area contributed by atoms with E-state index in [1.54, 1.807) is 6.92 Å². The van der Waals surface area contributed by atoms with Gasteiger partial charge in [0.2, 0.25) is 5.91 Å². The molecule has 1 aliphatic rings. The smallest absolute Gasteiger partial charge is 0.229 e. The molecule has 92 valence electrons. The van der Waals surface area contributed by atoms with Gasteiger partial charge < -0.3 is 11.1 Å². The van der Waals surface area contributed by atoms with Crippen LogP contribution >= 0.6 is 12.2 Å². The second-order valence-electron chi connectivity index (χ2n) is 4.06. The van der Waals surface area contributed by atoms with E-state index in [0.717, 1.165) is 0 Å². The molecule has 0 radical (unpaired) electrons. The van der Waals surface area contributed by atoms with Crippen LogP contribution in [0.3, 0.4) is 0 Å². The summed E-state index contributed by atoms with van der Waals surface area (Å²) in [6, 6.07) is -0.0761. The second kappa shape index (κ2) is 5.09. The molecule has 1 amide bonds. The minimum atomic E-state index is -2.89. The predicted molar refractivity (Wildman–Crippen MR) is 65.8 cm³/mol. The number of nitrogens with one attached hydrogen (secondary N) is 1. The Balaban J connectivity index is 2.45. The van der Waals surface area contributed by atoms with E-state index in [1.165, 1.54) is 0 Å². The van der Waals surface area contributed by atoms with Gasteiger partial charge in [0.1, 0.15) is 9.84 Å². The van der Waals surface area contributed by atoms with Crippen LogP contribution in [0.2, 0.25) is 0 Å². The third-order valence-electron chi connectivity index (χ3n) is 2.72. The summed E-state index contributed by atoms with van der Waals surface area (Å²) in [5.41, 5.74) is 5.36. The number of hydrogen-bond donors (Lipinski definition) is 2. The first-order chi connectivity index (χ1) is 7.32. The Hall–Kier alpha value is -0.690. The van der Waals surface area contributed by atoms with Crippen molar-refractivity contribution in [3.05, 3.63) is 0 Å². The largest absolute Gasteiger partial charge is 0.393 e.